The van der Waals surface area contributed by atoms with Gasteiger partial charge in [0.25, 0.3) is 0 Å². The van der Waals surface area contributed by atoms with Crippen molar-refractivity contribution in [3.63, 3.8) is 0 Å². The molecule has 0 saturated carbocycles. The molecule has 3 aromatic heterocycles. The summed E-state index contributed by atoms with van der Waals surface area (Å²) in [4.78, 5) is 13.4. The van der Waals surface area contributed by atoms with Crippen LogP contribution in [0.15, 0.2) is 67.0 Å². The first-order valence-corrected chi connectivity index (χ1v) is 10.8. The second kappa shape index (κ2) is 7.51. The molecule has 0 spiro atoms. The Labute approximate surface area is 188 Å². The van der Waals surface area contributed by atoms with Crippen LogP contribution in [0.25, 0.3) is 33.5 Å². The first-order chi connectivity index (χ1) is 16.1. The van der Waals surface area contributed by atoms with Gasteiger partial charge < -0.3 is 14.9 Å². The van der Waals surface area contributed by atoms with Crippen molar-refractivity contribution in [1.82, 2.24) is 24.1 Å². The third-order valence-electron chi connectivity index (χ3n) is 6.23. The van der Waals surface area contributed by atoms with Crippen molar-refractivity contribution in [1.29, 1.82) is 0 Å². The van der Waals surface area contributed by atoms with Gasteiger partial charge in [-0.25, -0.2) is 23.7 Å². The van der Waals surface area contributed by atoms with Crippen LogP contribution in [0.1, 0.15) is 18.3 Å². The third-order valence-corrected chi connectivity index (χ3v) is 6.23. The number of rotatable bonds is 4. The van der Waals surface area contributed by atoms with Crippen LogP contribution in [0.4, 0.5) is 14.7 Å². The molecule has 2 N–H and O–H groups in total. The SMILES string of the molecule is Nc1nccc(-c2c(-c3ccc(F)cc3)nc3n2C(Cn2ccc4ccc(F)cc42)CC3)n1. The van der Waals surface area contributed by atoms with E-state index in [4.69, 9.17) is 10.7 Å². The zero-order valence-electron chi connectivity index (χ0n) is 17.6. The van der Waals surface area contributed by atoms with E-state index in [0.29, 0.717) is 12.2 Å². The highest BCUT2D eigenvalue weighted by molar-refractivity contribution is 5.80. The number of nitrogens with two attached hydrogens (primary N) is 1. The van der Waals surface area contributed by atoms with Crippen molar-refractivity contribution < 1.29 is 8.78 Å². The smallest absolute Gasteiger partial charge is 0.220 e. The summed E-state index contributed by atoms with van der Waals surface area (Å²) < 4.78 is 31.8. The van der Waals surface area contributed by atoms with Crippen LogP contribution >= 0.6 is 0 Å². The lowest BCUT2D eigenvalue weighted by Crippen LogP contribution is -2.13. The number of imidazole rings is 1. The van der Waals surface area contributed by atoms with Crippen molar-refractivity contribution in [3.05, 3.63) is 84.4 Å². The van der Waals surface area contributed by atoms with Crippen LogP contribution < -0.4 is 5.73 Å². The molecule has 8 heteroatoms. The van der Waals surface area contributed by atoms with E-state index >= 15 is 0 Å². The molecule has 1 atom stereocenters. The molecule has 164 valence electrons. The number of halogens is 2. The van der Waals surface area contributed by atoms with E-state index in [1.54, 1.807) is 30.5 Å². The summed E-state index contributed by atoms with van der Waals surface area (Å²) >= 11 is 0. The van der Waals surface area contributed by atoms with Gasteiger partial charge in [0.15, 0.2) is 0 Å². The lowest BCUT2D eigenvalue weighted by molar-refractivity contribution is 0.459. The maximum absolute atomic E-state index is 13.9. The number of nitrogen functional groups attached to an aromatic ring is 1. The number of hydrogen-bond acceptors (Lipinski definition) is 4. The summed E-state index contributed by atoms with van der Waals surface area (Å²) in [7, 11) is 0. The van der Waals surface area contributed by atoms with E-state index in [2.05, 4.69) is 19.1 Å². The Morgan fingerprint density at radius 1 is 0.970 bits per heavy atom. The van der Waals surface area contributed by atoms with Crippen molar-refractivity contribution in [2.24, 2.45) is 0 Å². The lowest BCUT2D eigenvalue weighted by Gasteiger charge is -2.19. The Balaban J connectivity index is 1.49. The molecular weight excluding hydrogens is 422 g/mol. The van der Waals surface area contributed by atoms with Gasteiger partial charge in [0.05, 0.1) is 28.6 Å². The fraction of sp³-hybridized carbons (Fsp3) is 0.160. The topological polar surface area (TPSA) is 74.5 Å². The van der Waals surface area contributed by atoms with Crippen LogP contribution in [0.3, 0.4) is 0 Å². The number of anilines is 1. The quantitative estimate of drug-likeness (QED) is 0.425. The molecule has 2 aromatic carbocycles. The maximum Gasteiger partial charge on any atom is 0.220 e. The largest absolute Gasteiger partial charge is 0.368 e. The molecule has 6 nitrogen and oxygen atoms in total. The minimum atomic E-state index is -0.303. The molecule has 1 aliphatic heterocycles. The van der Waals surface area contributed by atoms with Crippen molar-refractivity contribution >= 4 is 16.9 Å². The number of aryl methyl sites for hydroxylation is 1. The number of nitrogens with zero attached hydrogens (tertiary/aromatic N) is 5. The number of hydrogen-bond donors (Lipinski definition) is 1. The number of aromatic nitrogens is 5. The zero-order valence-corrected chi connectivity index (χ0v) is 17.6. The van der Waals surface area contributed by atoms with Gasteiger partial charge in [-0.1, -0.05) is 0 Å². The Hall–Kier alpha value is -4.07. The standard InChI is InChI=1S/C25H20F2N6/c26-17-4-2-16(3-5-17)23-24(20-9-11-29-25(28)30-20)33-19(7-8-22(33)31-23)14-32-12-10-15-1-6-18(27)13-21(15)32/h1-6,9-13,19H,7-8,14H2,(H2,28,29,30). The predicted molar refractivity (Wildman–Crippen MR) is 122 cm³/mol. The van der Waals surface area contributed by atoms with Gasteiger partial charge >= 0.3 is 0 Å². The molecule has 0 amide bonds. The molecule has 0 saturated heterocycles. The molecule has 6 rings (SSSR count). The molecule has 0 aliphatic carbocycles. The van der Waals surface area contributed by atoms with Gasteiger partial charge in [-0.3, -0.25) is 0 Å². The lowest BCUT2D eigenvalue weighted by atomic mass is 10.1. The third kappa shape index (κ3) is 3.34. The van der Waals surface area contributed by atoms with Gasteiger partial charge in [0.2, 0.25) is 5.95 Å². The summed E-state index contributed by atoms with van der Waals surface area (Å²) in [5.41, 5.74) is 9.78. The molecule has 1 aliphatic rings. The van der Waals surface area contributed by atoms with Crippen LogP contribution in [0.5, 0.6) is 0 Å². The average Bonchev–Trinajstić information content (AvgIpc) is 3.49. The van der Waals surface area contributed by atoms with E-state index < -0.39 is 0 Å². The summed E-state index contributed by atoms with van der Waals surface area (Å²) in [5, 5.41) is 0.996. The molecule has 0 bridgehead atoms. The Bertz CT molecular complexity index is 1490. The van der Waals surface area contributed by atoms with E-state index in [1.807, 2.05) is 18.3 Å². The predicted octanol–water partition coefficient (Wildman–Crippen LogP) is 5.01. The molecule has 4 heterocycles. The van der Waals surface area contributed by atoms with E-state index in [0.717, 1.165) is 46.5 Å². The number of benzene rings is 2. The highest BCUT2D eigenvalue weighted by Crippen LogP contribution is 2.40. The van der Waals surface area contributed by atoms with Crippen molar-refractivity contribution in [2.75, 3.05) is 5.73 Å². The van der Waals surface area contributed by atoms with Gasteiger partial charge in [0, 0.05) is 30.9 Å². The zero-order chi connectivity index (χ0) is 22.5. The summed E-state index contributed by atoms with van der Waals surface area (Å²) in [6, 6.07) is 15.0. The van der Waals surface area contributed by atoms with Crippen LogP contribution in [-0.4, -0.2) is 24.1 Å². The number of fused-ring (bicyclic) bond motifs is 2. The van der Waals surface area contributed by atoms with Crippen LogP contribution in [0, 0.1) is 11.6 Å². The fourth-order valence-corrected chi connectivity index (χ4v) is 4.75. The normalized spacial score (nSPS) is 15.3. The highest BCUT2D eigenvalue weighted by atomic mass is 19.1. The highest BCUT2D eigenvalue weighted by Gasteiger charge is 2.31. The van der Waals surface area contributed by atoms with Crippen LogP contribution in [0.2, 0.25) is 0 Å². The summed E-state index contributed by atoms with van der Waals surface area (Å²) in [6.07, 6.45) is 5.31. The fourth-order valence-electron chi connectivity index (χ4n) is 4.75. The molecule has 1 unspecified atom stereocenters. The molecule has 5 aromatic rings. The second-order valence-electron chi connectivity index (χ2n) is 8.27. The minimum absolute atomic E-state index is 0.0896. The molecule has 0 radical (unpaired) electrons. The first-order valence-electron chi connectivity index (χ1n) is 10.8. The summed E-state index contributed by atoms with van der Waals surface area (Å²) in [6.45, 7) is 0.659. The Morgan fingerprint density at radius 2 is 1.79 bits per heavy atom. The van der Waals surface area contributed by atoms with Crippen LogP contribution in [-0.2, 0) is 13.0 Å². The Morgan fingerprint density at radius 3 is 2.61 bits per heavy atom. The van der Waals surface area contributed by atoms with Crippen molar-refractivity contribution in [2.45, 2.75) is 25.4 Å². The van der Waals surface area contributed by atoms with Crippen molar-refractivity contribution in [3.8, 4) is 22.6 Å². The summed E-state index contributed by atoms with van der Waals surface area (Å²) in [5.74, 6) is 0.555. The monoisotopic (exact) mass is 442 g/mol. The van der Waals surface area contributed by atoms with Gasteiger partial charge in [0.1, 0.15) is 17.5 Å². The first kappa shape index (κ1) is 19.6. The van der Waals surface area contributed by atoms with Gasteiger partial charge in [-0.2, -0.15) is 0 Å². The Kier molecular flexibility index (Phi) is 4.46. The minimum Gasteiger partial charge on any atom is -0.368 e. The van der Waals surface area contributed by atoms with E-state index in [-0.39, 0.29) is 23.6 Å². The molecule has 33 heavy (non-hydrogen) atoms. The van der Waals surface area contributed by atoms with Gasteiger partial charge in [-0.05, 0) is 66.4 Å². The second-order valence-corrected chi connectivity index (χ2v) is 8.27. The maximum atomic E-state index is 13.9. The van der Waals surface area contributed by atoms with E-state index in [1.165, 1.54) is 18.2 Å². The molecule has 0 fully saturated rings. The van der Waals surface area contributed by atoms with Gasteiger partial charge in [-0.15, -0.1) is 0 Å². The molecular formula is C25H20F2N6. The average molecular weight is 442 g/mol. The van der Waals surface area contributed by atoms with E-state index in [9.17, 15) is 8.78 Å².